The molecule has 2 aromatic heterocycles. The molecule has 0 saturated heterocycles. The summed E-state index contributed by atoms with van der Waals surface area (Å²) in [6.07, 6.45) is 6.26. The largest absolute Gasteiger partial charge is 0.343 e. The molecule has 6 rings (SSSR count). The number of nitrogens with zero attached hydrogens (tertiary/aromatic N) is 3. The number of carbonyl (C=O) groups excluding carboxylic acids is 1. The normalized spacial score (nSPS) is 29.4. The molecule has 3 aromatic rings. The van der Waals surface area contributed by atoms with E-state index in [0.29, 0.717) is 5.01 Å². The molecular weight excluding hydrogens is 464 g/mol. The number of rotatable bonds is 5. The first kappa shape index (κ1) is 16.9. The minimum absolute atomic E-state index is 0.0450. The zero-order valence-electron chi connectivity index (χ0n) is 14.4. The molecule has 0 unspecified atom stereocenters. The van der Waals surface area contributed by atoms with Crippen LogP contribution < -0.4 is 5.32 Å². The fraction of sp³-hybridized carbons (Fsp3) is 0.444. The van der Waals surface area contributed by atoms with Crippen LogP contribution in [0.3, 0.4) is 0 Å². The van der Waals surface area contributed by atoms with Gasteiger partial charge in [0.25, 0.3) is 5.91 Å². The summed E-state index contributed by atoms with van der Waals surface area (Å²) < 4.78 is 6.77. The number of halogens is 1. The van der Waals surface area contributed by atoms with Gasteiger partial charge in [0.05, 0.1) is 20.5 Å². The smallest absolute Gasteiger partial charge is 0.282 e. The second-order valence-electron chi connectivity index (χ2n) is 7.72. The van der Waals surface area contributed by atoms with Crippen molar-refractivity contribution in [1.82, 2.24) is 19.7 Å². The van der Waals surface area contributed by atoms with Crippen molar-refractivity contribution in [2.24, 2.45) is 0 Å². The first-order valence-electron chi connectivity index (χ1n) is 8.78. The number of benzene rings is 1. The highest BCUT2D eigenvalue weighted by Crippen LogP contribution is 2.79. The number of thiazole rings is 1. The highest BCUT2D eigenvalue weighted by Gasteiger charge is 2.86. The lowest BCUT2D eigenvalue weighted by molar-refractivity contribution is 0.0941. The summed E-state index contributed by atoms with van der Waals surface area (Å²) in [7, 11) is 0. The Balaban J connectivity index is 1.21. The number of carbonyl (C=O) groups is 1. The van der Waals surface area contributed by atoms with E-state index in [4.69, 9.17) is 4.98 Å². The summed E-state index contributed by atoms with van der Waals surface area (Å²) in [4.78, 5) is 22.1. The number of hydrogen-bond donors (Lipinski definition) is 1. The molecule has 1 amide bonds. The van der Waals surface area contributed by atoms with E-state index in [1.807, 2.05) is 12.1 Å². The molecule has 3 fully saturated rings. The number of fused-ring (bicyclic) bond motifs is 2. The molecule has 0 bridgehead atoms. The average Bonchev–Trinajstić information content (AvgIpc) is 3.54. The van der Waals surface area contributed by atoms with Gasteiger partial charge >= 0.3 is 0 Å². The van der Waals surface area contributed by atoms with E-state index in [1.165, 1.54) is 16.2 Å². The van der Waals surface area contributed by atoms with Gasteiger partial charge in [0.1, 0.15) is 5.01 Å². The lowest BCUT2D eigenvalue weighted by Crippen LogP contribution is -2.30. The molecule has 27 heavy (non-hydrogen) atoms. The lowest BCUT2D eigenvalue weighted by Gasteiger charge is -2.05. The Bertz CT molecular complexity index is 1110. The van der Waals surface area contributed by atoms with Crippen LogP contribution in [0, 0.1) is 0 Å². The van der Waals surface area contributed by atoms with Crippen LogP contribution in [-0.4, -0.2) is 32.0 Å². The number of aromatic nitrogens is 3. The molecule has 138 valence electrons. The Hall–Kier alpha value is -1.03. The van der Waals surface area contributed by atoms with Gasteiger partial charge in [0, 0.05) is 9.89 Å². The summed E-state index contributed by atoms with van der Waals surface area (Å²) in [5.74, 6) is 0.746. The average molecular weight is 479 g/mol. The van der Waals surface area contributed by atoms with Crippen LogP contribution in [0.5, 0.6) is 0 Å². The first-order valence-corrected chi connectivity index (χ1v) is 12.4. The van der Waals surface area contributed by atoms with Crippen LogP contribution in [-0.2, 0) is 10.2 Å². The highest BCUT2D eigenvalue weighted by atomic mass is 79.9. The first-order chi connectivity index (χ1) is 13.0. The minimum Gasteiger partial charge on any atom is -0.343 e. The molecule has 3 aliphatic rings. The van der Waals surface area contributed by atoms with Gasteiger partial charge in [0.2, 0.25) is 5.01 Å². The molecule has 3 saturated carbocycles. The van der Waals surface area contributed by atoms with Crippen molar-refractivity contribution in [2.45, 2.75) is 41.4 Å². The molecule has 0 spiro atoms. The Labute approximate surface area is 176 Å². The number of nitrogens with one attached hydrogen (secondary N) is 1. The van der Waals surface area contributed by atoms with E-state index in [1.54, 1.807) is 23.1 Å². The van der Waals surface area contributed by atoms with E-state index >= 15 is 0 Å². The van der Waals surface area contributed by atoms with Crippen molar-refractivity contribution in [3.63, 3.8) is 0 Å². The topological polar surface area (TPSA) is 67.8 Å². The van der Waals surface area contributed by atoms with Gasteiger partial charge in [-0.3, -0.25) is 4.79 Å². The van der Waals surface area contributed by atoms with Crippen LogP contribution in [0.2, 0.25) is 0 Å². The lowest BCUT2D eigenvalue weighted by atomic mass is 10.2. The standard InChI is InChI=1S/C18H15BrN4OS3/c1-25-17(4-5-17)14-21-13(27-23-14)12(24)22-18-7-16(18,8-18)15-20-10-3-2-9(19)6-11(10)26-15/h2-3,6H,4-5,7-8H2,1H3,(H,22,24). The molecule has 2 heterocycles. The predicted molar refractivity (Wildman–Crippen MR) is 113 cm³/mol. The van der Waals surface area contributed by atoms with Crippen molar-refractivity contribution in [2.75, 3.05) is 6.26 Å². The summed E-state index contributed by atoms with van der Waals surface area (Å²) in [6, 6.07) is 6.18. The number of amides is 1. The van der Waals surface area contributed by atoms with E-state index in [2.05, 4.69) is 42.9 Å². The third-order valence-corrected chi connectivity index (χ3v) is 9.91. The minimum atomic E-state index is -0.113. The molecule has 5 nitrogen and oxygen atoms in total. The van der Waals surface area contributed by atoms with E-state index in [9.17, 15) is 4.79 Å². The van der Waals surface area contributed by atoms with E-state index in [0.717, 1.165) is 46.5 Å². The Morgan fingerprint density at radius 2 is 2.11 bits per heavy atom. The van der Waals surface area contributed by atoms with Gasteiger partial charge in [0.15, 0.2) is 5.82 Å². The van der Waals surface area contributed by atoms with Crippen molar-refractivity contribution in [3.05, 3.63) is 38.5 Å². The predicted octanol–water partition coefficient (Wildman–Crippen LogP) is 4.48. The van der Waals surface area contributed by atoms with Crippen molar-refractivity contribution in [3.8, 4) is 0 Å². The van der Waals surface area contributed by atoms with Crippen molar-refractivity contribution < 1.29 is 4.79 Å². The molecule has 3 aliphatic carbocycles. The number of thioether (sulfide) groups is 1. The van der Waals surface area contributed by atoms with Crippen molar-refractivity contribution in [1.29, 1.82) is 0 Å². The molecule has 0 aliphatic heterocycles. The van der Waals surface area contributed by atoms with Gasteiger partial charge in [-0.05, 0) is 61.7 Å². The third-order valence-electron chi connectivity index (χ3n) is 6.11. The second kappa shape index (κ2) is 5.31. The molecule has 1 N–H and O–H groups in total. The Morgan fingerprint density at radius 1 is 1.30 bits per heavy atom. The van der Waals surface area contributed by atoms with Crippen LogP contribution in [0.25, 0.3) is 10.2 Å². The highest BCUT2D eigenvalue weighted by molar-refractivity contribution is 9.10. The summed E-state index contributed by atoms with van der Waals surface area (Å²) in [6.45, 7) is 0. The summed E-state index contributed by atoms with van der Waals surface area (Å²) in [5, 5.41) is 4.87. The van der Waals surface area contributed by atoms with Crippen LogP contribution in [0.1, 0.15) is 46.3 Å². The zero-order chi connectivity index (χ0) is 18.4. The Morgan fingerprint density at radius 3 is 2.85 bits per heavy atom. The molecule has 0 atom stereocenters. The number of hydrogen-bond acceptors (Lipinski definition) is 7. The maximum absolute atomic E-state index is 12.7. The quantitative estimate of drug-likeness (QED) is 0.585. The maximum atomic E-state index is 12.7. The van der Waals surface area contributed by atoms with Gasteiger partial charge in [-0.1, -0.05) is 15.9 Å². The van der Waals surface area contributed by atoms with Crippen LogP contribution >= 0.6 is 50.6 Å². The van der Waals surface area contributed by atoms with Gasteiger partial charge in [-0.2, -0.15) is 16.1 Å². The summed E-state index contributed by atoms with van der Waals surface area (Å²) in [5.41, 5.74) is 0.966. The zero-order valence-corrected chi connectivity index (χ0v) is 18.4. The van der Waals surface area contributed by atoms with Gasteiger partial charge < -0.3 is 5.32 Å². The second-order valence-corrected chi connectivity index (χ2v) is 11.6. The van der Waals surface area contributed by atoms with E-state index < -0.39 is 0 Å². The van der Waals surface area contributed by atoms with E-state index in [-0.39, 0.29) is 21.6 Å². The SMILES string of the molecule is CSC1(c2nsc(C(=O)NC34CC3(c3nc5ccc(Br)cc5s3)C4)n2)CC1. The third kappa shape index (κ3) is 2.34. The van der Waals surface area contributed by atoms with Crippen LogP contribution in [0.4, 0.5) is 0 Å². The monoisotopic (exact) mass is 478 g/mol. The van der Waals surface area contributed by atoms with Crippen molar-refractivity contribution >= 4 is 66.7 Å². The van der Waals surface area contributed by atoms with Crippen LogP contribution in [0.15, 0.2) is 22.7 Å². The fourth-order valence-electron chi connectivity index (χ4n) is 3.96. The molecule has 1 aromatic carbocycles. The molecule has 0 radical (unpaired) electrons. The van der Waals surface area contributed by atoms with Gasteiger partial charge in [-0.15, -0.1) is 11.3 Å². The Kier molecular flexibility index (Phi) is 3.32. The fourth-order valence-corrected chi connectivity index (χ4v) is 7.26. The summed E-state index contributed by atoms with van der Waals surface area (Å²) >= 11 is 8.28. The van der Waals surface area contributed by atoms with Gasteiger partial charge in [-0.25, -0.2) is 9.97 Å². The molecule has 9 heteroatoms. The molecular formula is C18H15BrN4OS3. The maximum Gasteiger partial charge on any atom is 0.282 e.